The van der Waals surface area contributed by atoms with Crippen molar-refractivity contribution < 1.29 is 18.7 Å². The summed E-state index contributed by atoms with van der Waals surface area (Å²) in [6, 6.07) is 18.9. The summed E-state index contributed by atoms with van der Waals surface area (Å²) in [7, 11) is 1.65. The highest BCUT2D eigenvalue weighted by molar-refractivity contribution is 5.92. The Morgan fingerprint density at radius 3 is 2.53 bits per heavy atom. The number of ether oxygens (including phenoxy) is 2. The fraction of sp³-hybridized carbons (Fsp3) is 0.222. The topological polar surface area (TPSA) is 66.6 Å². The van der Waals surface area contributed by atoms with Gasteiger partial charge in [-0.1, -0.05) is 12.1 Å². The van der Waals surface area contributed by atoms with Crippen LogP contribution in [-0.2, 0) is 6.42 Å². The lowest BCUT2D eigenvalue weighted by atomic mass is 9.92. The number of rotatable bonds is 5. The first kappa shape index (κ1) is 21.8. The van der Waals surface area contributed by atoms with Crippen LogP contribution in [0, 0.1) is 5.82 Å². The largest absolute Gasteiger partial charge is 0.497 e. The second-order valence-electron chi connectivity index (χ2n) is 8.21. The molecule has 0 saturated carbocycles. The Hall–Kier alpha value is -4.00. The summed E-state index contributed by atoms with van der Waals surface area (Å²) >= 11 is 0. The van der Waals surface area contributed by atoms with Crippen LogP contribution in [0.5, 0.6) is 11.5 Å². The van der Waals surface area contributed by atoms with Crippen LogP contribution < -0.4 is 14.8 Å². The predicted molar refractivity (Wildman–Crippen MR) is 130 cm³/mol. The van der Waals surface area contributed by atoms with Gasteiger partial charge in [0.25, 0.3) is 0 Å². The molecule has 1 aliphatic heterocycles. The predicted octanol–water partition coefficient (Wildman–Crippen LogP) is 5.89. The molecule has 174 valence electrons. The molecular formula is C27H26FN3O3. The second-order valence-corrected chi connectivity index (χ2v) is 8.21. The van der Waals surface area contributed by atoms with E-state index >= 15 is 0 Å². The lowest BCUT2D eigenvalue weighted by Crippen LogP contribution is -2.43. The molecule has 6 nitrogen and oxygen atoms in total. The number of amides is 2. The van der Waals surface area contributed by atoms with Crippen molar-refractivity contribution in [3.8, 4) is 11.5 Å². The molecule has 1 aromatic heterocycles. The van der Waals surface area contributed by atoms with E-state index in [1.165, 1.54) is 12.1 Å². The van der Waals surface area contributed by atoms with Crippen molar-refractivity contribution in [1.82, 2.24) is 9.88 Å². The maximum atomic E-state index is 13.7. The number of fused-ring (bicyclic) bond motifs is 3. The van der Waals surface area contributed by atoms with E-state index in [9.17, 15) is 9.18 Å². The lowest BCUT2D eigenvalue weighted by Gasteiger charge is -2.36. The molecule has 1 aliphatic rings. The highest BCUT2D eigenvalue weighted by Gasteiger charge is 2.34. The van der Waals surface area contributed by atoms with Gasteiger partial charge in [-0.2, -0.15) is 0 Å². The summed E-state index contributed by atoms with van der Waals surface area (Å²) in [5.41, 5.74) is 4.57. The normalized spacial score (nSPS) is 15.1. The zero-order valence-corrected chi connectivity index (χ0v) is 19.1. The van der Waals surface area contributed by atoms with Crippen molar-refractivity contribution in [2.24, 2.45) is 0 Å². The Morgan fingerprint density at radius 2 is 1.82 bits per heavy atom. The SMILES string of the molecule is CCOc1ccc(NC(=O)N2CCc3c([nH]c4ccc(OC)cc34)C2c2ccc(F)cc2)cc1. The first-order chi connectivity index (χ1) is 16.6. The molecule has 0 saturated heterocycles. The van der Waals surface area contributed by atoms with Crippen molar-refractivity contribution in [2.45, 2.75) is 19.4 Å². The molecule has 0 spiro atoms. The Kier molecular flexibility index (Phi) is 5.84. The average Bonchev–Trinajstić information content (AvgIpc) is 3.23. The number of aromatic amines is 1. The van der Waals surface area contributed by atoms with Gasteiger partial charge in [0.1, 0.15) is 17.3 Å². The third kappa shape index (κ3) is 4.05. The first-order valence-corrected chi connectivity index (χ1v) is 11.3. The number of nitrogens with zero attached hydrogens (tertiary/aromatic N) is 1. The van der Waals surface area contributed by atoms with Crippen LogP contribution in [-0.4, -0.2) is 36.2 Å². The van der Waals surface area contributed by atoms with Gasteiger partial charge in [0.2, 0.25) is 0 Å². The maximum absolute atomic E-state index is 13.7. The van der Waals surface area contributed by atoms with E-state index in [2.05, 4.69) is 10.3 Å². The van der Waals surface area contributed by atoms with Crippen molar-refractivity contribution >= 4 is 22.6 Å². The van der Waals surface area contributed by atoms with E-state index in [-0.39, 0.29) is 17.9 Å². The molecule has 1 atom stereocenters. The number of carbonyl (C=O) groups is 1. The fourth-order valence-electron chi connectivity index (χ4n) is 4.60. The number of anilines is 1. The molecule has 0 fully saturated rings. The molecule has 34 heavy (non-hydrogen) atoms. The van der Waals surface area contributed by atoms with Crippen molar-refractivity contribution in [3.05, 3.63) is 89.4 Å². The molecule has 2 amide bonds. The summed E-state index contributed by atoms with van der Waals surface area (Å²) in [5, 5.41) is 4.08. The number of methoxy groups -OCH3 is 1. The van der Waals surface area contributed by atoms with Crippen LogP contribution in [0.25, 0.3) is 10.9 Å². The van der Waals surface area contributed by atoms with Gasteiger partial charge < -0.3 is 24.7 Å². The zero-order valence-electron chi connectivity index (χ0n) is 19.1. The summed E-state index contributed by atoms with van der Waals surface area (Å²) in [5.74, 6) is 1.22. The van der Waals surface area contributed by atoms with Gasteiger partial charge in [0.05, 0.1) is 19.8 Å². The standard InChI is InChI=1S/C27H26FN3O3/c1-3-34-20-10-8-19(9-11-20)29-27(32)31-15-14-22-23-16-21(33-2)12-13-24(23)30-25(22)26(31)17-4-6-18(28)7-5-17/h4-13,16,26,30H,3,14-15H2,1-2H3,(H,29,32). The van der Waals surface area contributed by atoms with Gasteiger partial charge in [0.15, 0.2) is 0 Å². The quantitative estimate of drug-likeness (QED) is 0.391. The van der Waals surface area contributed by atoms with Gasteiger partial charge in [-0.3, -0.25) is 0 Å². The molecule has 0 aliphatic carbocycles. The molecule has 3 aromatic carbocycles. The minimum Gasteiger partial charge on any atom is -0.497 e. The summed E-state index contributed by atoms with van der Waals surface area (Å²) < 4.78 is 24.6. The monoisotopic (exact) mass is 459 g/mol. The molecule has 0 radical (unpaired) electrons. The van der Waals surface area contributed by atoms with Crippen LogP contribution in [0.15, 0.2) is 66.7 Å². The lowest BCUT2D eigenvalue weighted by molar-refractivity contribution is 0.193. The van der Waals surface area contributed by atoms with Gasteiger partial charge in [0, 0.05) is 28.8 Å². The molecule has 5 rings (SSSR count). The van der Waals surface area contributed by atoms with Gasteiger partial charge in [-0.15, -0.1) is 0 Å². The highest BCUT2D eigenvalue weighted by atomic mass is 19.1. The number of nitrogens with one attached hydrogen (secondary N) is 2. The molecule has 0 bridgehead atoms. The Bertz CT molecular complexity index is 1320. The molecule has 1 unspecified atom stereocenters. The van der Waals surface area contributed by atoms with Crippen LogP contribution in [0.4, 0.5) is 14.9 Å². The van der Waals surface area contributed by atoms with E-state index in [1.807, 2.05) is 49.4 Å². The van der Waals surface area contributed by atoms with Gasteiger partial charge in [-0.25, -0.2) is 9.18 Å². The minimum absolute atomic E-state index is 0.222. The van der Waals surface area contributed by atoms with Crippen LogP contribution in [0.1, 0.15) is 29.8 Å². The Labute approximate surface area is 197 Å². The fourth-order valence-corrected chi connectivity index (χ4v) is 4.60. The third-order valence-corrected chi connectivity index (χ3v) is 6.20. The molecule has 4 aromatic rings. The number of hydrogen-bond acceptors (Lipinski definition) is 3. The van der Waals surface area contributed by atoms with Crippen molar-refractivity contribution in [2.75, 3.05) is 25.6 Å². The molecule has 7 heteroatoms. The van der Waals surface area contributed by atoms with Crippen LogP contribution in [0.2, 0.25) is 0 Å². The smallest absolute Gasteiger partial charge is 0.322 e. The number of hydrogen-bond donors (Lipinski definition) is 2. The third-order valence-electron chi connectivity index (χ3n) is 6.20. The zero-order chi connectivity index (χ0) is 23.7. The second kappa shape index (κ2) is 9.09. The number of carbonyl (C=O) groups excluding carboxylic acids is 1. The highest BCUT2D eigenvalue weighted by Crippen LogP contribution is 2.39. The Balaban J connectivity index is 1.52. The number of benzene rings is 3. The van der Waals surface area contributed by atoms with Crippen LogP contribution in [0.3, 0.4) is 0 Å². The van der Waals surface area contributed by atoms with E-state index in [1.54, 1.807) is 24.1 Å². The van der Waals surface area contributed by atoms with E-state index in [0.29, 0.717) is 25.3 Å². The minimum atomic E-state index is -0.384. The molecule has 2 N–H and O–H groups in total. The first-order valence-electron chi connectivity index (χ1n) is 11.3. The van der Waals surface area contributed by atoms with Gasteiger partial charge in [-0.05, 0) is 79.1 Å². The van der Waals surface area contributed by atoms with Crippen molar-refractivity contribution in [3.63, 3.8) is 0 Å². The summed E-state index contributed by atoms with van der Waals surface area (Å²) in [6.45, 7) is 3.02. The van der Waals surface area contributed by atoms with Crippen molar-refractivity contribution in [1.29, 1.82) is 0 Å². The molecule has 2 heterocycles. The number of H-pyrrole nitrogens is 1. The van der Waals surface area contributed by atoms with E-state index in [4.69, 9.17) is 9.47 Å². The average molecular weight is 460 g/mol. The number of aromatic nitrogens is 1. The van der Waals surface area contributed by atoms with E-state index < -0.39 is 0 Å². The number of urea groups is 1. The van der Waals surface area contributed by atoms with E-state index in [0.717, 1.165) is 39.2 Å². The maximum Gasteiger partial charge on any atom is 0.322 e. The van der Waals surface area contributed by atoms with Crippen LogP contribution >= 0.6 is 0 Å². The summed E-state index contributed by atoms with van der Waals surface area (Å²) in [4.78, 5) is 18.7. The Morgan fingerprint density at radius 1 is 1.09 bits per heavy atom. The summed E-state index contributed by atoms with van der Waals surface area (Å²) in [6.07, 6.45) is 0.691. The van der Waals surface area contributed by atoms with Gasteiger partial charge >= 0.3 is 6.03 Å². The number of halogens is 1. The molecular weight excluding hydrogens is 433 g/mol.